The van der Waals surface area contributed by atoms with E-state index < -0.39 is 0 Å². The SMILES string of the molecule is C[C@H]1CCc2c(sc3nc(CSc4nnnn4C)nc(N)c23)C1. The molecule has 9 heteroatoms. The third kappa shape index (κ3) is 2.67. The van der Waals surface area contributed by atoms with Crippen LogP contribution in [0.25, 0.3) is 10.2 Å². The maximum Gasteiger partial charge on any atom is 0.209 e. The van der Waals surface area contributed by atoms with E-state index in [1.807, 2.05) is 7.05 Å². The Bertz CT molecular complexity index is 870. The molecule has 0 radical (unpaired) electrons. The van der Waals surface area contributed by atoms with Gasteiger partial charge in [0.25, 0.3) is 0 Å². The quantitative estimate of drug-likeness (QED) is 0.726. The highest BCUT2D eigenvalue weighted by Crippen LogP contribution is 2.39. The highest BCUT2D eigenvalue weighted by atomic mass is 32.2. The van der Waals surface area contributed by atoms with Crippen molar-refractivity contribution in [3.05, 3.63) is 16.3 Å². The van der Waals surface area contributed by atoms with Crippen LogP contribution in [0.3, 0.4) is 0 Å². The summed E-state index contributed by atoms with van der Waals surface area (Å²) in [6, 6.07) is 0. The minimum atomic E-state index is 0.604. The van der Waals surface area contributed by atoms with E-state index in [-0.39, 0.29) is 0 Å². The van der Waals surface area contributed by atoms with E-state index >= 15 is 0 Å². The summed E-state index contributed by atoms with van der Waals surface area (Å²) in [5.41, 5.74) is 7.61. The van der Waals surface area contributed by atoms with Crippen molar-refractivity contribution in [2.24, 2.45) is 13.0 Å². The summed E-state index contributed by atoms with van der Waals surface area (Å²) in [6.07, 6.45) is 3.43. The molecule has 2 N–H and O–H groups in total. The predicted molar refractivity (Wildman–Crippen MR) is 91.4 cm³/mol. The van der Waals surface area contributed by atoms with Gasteiger partial charge in [-0.3, -0.25) is 0 Å². The summed E-state index contributed by atoms with van der Waals surface area (Å²) in [5.74, 6) is 2.68. The Labute approximate surface area is 141 Å². The Balaban J connectivity index is 1.66. The molecule has 0 aliphatic heterocycles. The molecule has 0 bridgehead atoms. The summed E-state index contributed by atoms with van der Waals surface area (Å²) < 4.78 is 1.64. The first-order valence-electron chi connectivity index (χ1n) is 7.53. The van der Waals surface area contributed by atoms with Crippen LogP contribution in [0.15, 0.2) is 5.16 Å². The van der Waals surface area contributed by atoms with E-state index in [1.165, 1.54) is 28.6 Å². The lowest BCUT2D eigenvalue weighted by atomic mass is 9.89. The van der Waals surface area contributed by atoms with Crippen LogP contribution in [-0.4, -0.2) is 30.2 Å². The first-order chi connectivity index (χ1) is 11.1. The molecule has 0 aromatic carbocycles. The first-order valence-corrected chi connectivity index (χ1v) is 9.34. The number of hydrogen-bond donors (Lipinski definition) is 1. The fraction of sp³-hybridized carbons (Fsp3) is 0.500. The third-order valence-corrected chi connectivity index (χ3v) is 6.30. The molecule has 1 aliphatic carbocycles. The van der Waals surface area contributed by atoms with Gasteiger partial charge in [-0.2, -0.15) is 0 Å². The molecule has 0 spiro atoms. The number of hydrogen-bond acceptors (Lipinski definition) is 8. The number of nitrogen functional groups attached to an aromatic ring is 1. The van der Waals surface area contributed by atoms with Crippen LogP contribution in [0.5, 0.6) is 0 Å². The van der Waals surface area contributed by atoms with Gasteiger partial charge in [-0.05, 0) is 41.2 Å². The zero-order chi connectivity index (χ0) is 16.0. The van der Waals surface area contributed by atoms with Gasteiger partial charge in [0.15, 0.2) is 0 Å². The van der Waals surface area contributed by atoms with Crippen LogP contribution in [0.4, 0.5) is 5.82 Å². The number of thiophene rings is 1. The van der Waals surface area contributed by atoms with E-state index in [9.17, 15) is 0 Å². The molecule has 1 aliphatic rings. The zero-order valence-electron chi connectivity index (χ0n) is 13.0. The third-order valence-electron chi connectivity index (χ3n) is 4.14. The van der Waals surface area contributed by atoms with Gasteiger partial charge in [-0.1, -0.05) is 18.7 Å². The minimum absolute atomic E-state index is 0.604. The van der Waals surface area contributed by atoms with Gasteiger partial charge in [0.1, 0.15) is 16.5 Å². The summed E-state index contributed by atoms with van der Waals surface area (Å²) in [4.78, 5) is 11.7. The van der Waals surface area contributed by atoms with Crippen molar-refractivity contribution in [1.82, 2.24) is 30.2 Å². The number of anilines is 1. The summed E-state index contributed by atoms with van der Waals surface area (Å²) in [7, 11) is 1.81. The Morgan fingerprint density at radius 1 is 1.39 bits per heavy atom. The number of nitrogens with two attached hydrogens (primary N) is 1. The first kappa shape index (κ1) is 14.8. The van der Waals surface area contributed by atoms with Gasteiger partial charge in [0.2, 0.25) is 5.16 Å². The highest BCUT2D eigenvalue weighted by molar-refractivity contribution is 7.98. The predicted octanol–water partition coefficient (Wildman–Crippen LogP) is 2.21. The van der Waals surface area contributed by atoms with Crippen molar-refractivity contribution >= 4 is 39.1 Å². The van der Waals surface area contributed by atoms with Crippen LogP contribution in [0.2, 0.25) is 0 Å². The van der Waals surface area contributed by atoms with Crippen molar-refractivity contribution in [3.8, 4) is 0 Å². The minimum Gasteiger partial charge on any atom is -0.383 e. The molecule has 120 valence electrons. The van der Waals surface area contributed by atoms with Crippen molar-refractivity contribution in [3.63, 3.8) is 0 Å². The van der Waals surface area contributed by atoms with Crippen molar-refractivity contribution < 1.29 is 0 Å². The number of thioether (sulfide) groups is 1. The maximum absolute atomic E-state index is 6.24. The molecule has 0 amide bonds. The van der Waals surface area contributed by atoms with Gasteiger partial charge in [-0.15, -0.1) is 16.4 Å². The molecule has 4 rings (SSSR count). The average molecular weight is 347 g/mol. The Kier molecular flexibility index (Phi) is 3.68. The lowest BCUT2D eigenvalue weighted by molar-refractivity contribution is 0.509. The largest absolute Gasteiger partial charge is 0.383 e. The summed E-state index contributed by atoms with van der Waals surface area (Å²) in [5, 5.41) is 13.2. The number of aromatic nitrogens is 6. The number of tetrazole rings is 1. The Hall–Kier alpha value is -1.74. The van der Waals surface area contributed by atoms with E-state index in [1.54, 1.807) is 16.0 Å². The zero-order valence-corrected chi connectivity index (χ0v) is 14.6. The van der Waals surface area contributed by atoms with Crippen molar-refractivity contribution in [2.75, 3.05) is 5.73 Å². The molecule has 23 heavy (non-hydrogen) atoms. The fourth-order valence-corrected chi connectivity index (χ4v) is 5.07. The summed E-state index contributed by atoms with van der Waals surface area (Å²) >= 11 is 3.28. The van der Waals surface area contributed by atoms with Gasteiger partial charge in [-0.25, -0.2) is 14.6 Å². The van der Waals surface area contributed by atoms with Crippen LogP contribution in [0, 0.1) is 5.92 Å². The van der Waals surface area contributed by atoms with Gasteiger partial charge >= 0.3 is 0 Å². The van der Waals surface area contributed by atoms with Gasteiger partial charge in [0, 0.05) is 11.9 Å². The van der Waals surface area contributed by atoms with Gasteiger partial charge < -0.3 is 5.73 Å². The molecule has 7 nitrogen and oxygen atoms in total. The molecular weight excluding hydrogens is 330 g/mol. The van der Waals surface area contributed by atoms with E-state index in [4.69, 9.17) is 10.7 Å². The van der Waals surface area contributed by atoms with E-state index in [2.05, 4.69) is 27.4 Å². The number of rotatable bonds is 3. The van der Waals surface area contributed by atoms with Crippen LogP contribution in [0.1, 0.15) is 29.6 Å². The second-order valence-electron chi connectivity index (χ2n) is 5.93. The van der Waals surface area contributed by atoms with Crippen LogP contribution >= 0.6 is 23.1 Å². The van der Waals surface area contributed by atoms with Crippen LogP contribution < -0.4 is 5.73 Å². The molecular formula is C14H17N7S2. The Morgan fingerprint density at radius 3 is 3.04 bits per heavy atom. The van der Waals surface area contributed by atoms with Crippen LogP contribution in [-0.2, 0) is 25.6 Å². The number of nitrogens with zero attached hydrogens (tertiary/aromatic N) is 6. The smallest absolute Gasteiger partial charge is 0.209 e. The molecule has 0 saturated heterocycles. The fourth-order valence-electron chi connectivity index (χ4n) is 2.95. The summed E-state index contributed by atoms with van der Waals surface area (Å²) in [6.45, 7) is 2.30. The molecule has 0 saturated carbocycles. The normalized spacial score (nSPS) is 17.6. The molecule has 3 aromatic rings. The second kappa shape index (κ2) is 5.72. The molecule has 0 unspecified atom stereocenters. The van der Waals surface area contributed by atoms with E-state index in [0.29, 0.717) is 11.6 Å². The Morgan fingerprint density at radius 2 is 2.26 bits per heavy atom. The maximum atomic E-state index is 6.24. The topological polar surface area (TPSA) is 95.4 Å². The standard InChI is InChI=1S/C14H17N7S2/c1-7-3-4-8-9(5-7)23-13-11(8)12(15)16-10(17-13)6-22-14-18-19-20-21(14)2/h7H,3-6H2,1-2H3,(H2,15,16,17)/t7-/m0/s1. The van der Waals surface area contributed by atoms with Crippen molar-refractivity contribution in [2.45, 2.75) is 37.1 Å². The lowest BCUT2D eigenvalue weighted by Gasteiger charge is -2.17. The monoisotopic (exact) mass is 347 g/mol. The van der Waals surface area contributed by atoms with Gasteiger partial charge in [0.05, 0.1) is 11.1 Å². The van der Waals surface area contributed by atoms with E-state index in [0.717, 1.165) is 40.0 Å². The highest BCUT2D eigenvalue weighted by Gasteiger charge is 2.23. The molecule has 0 fully saturated rings. The lowest BCUT2D eigenvalue weighted by Crippen LogP contribution is -2.09. The number of aryl methyl sites for hydroxylation is 2. The molecule has 3 aromatic heterocycles. The molecule has 3 heterocycles. The van der Waals surface area contributed by atoms with Crippen molar-refractivity contribution in [1.29, 1.82) is 0 Å². The molecule has 1 atom stereocenters. The second-order valence-corrected chi connectivity index (χ2v) is 7.96. The average Bonchev–Trinajstić information content (AvgIpc) is 3.07. The number of fused-ring (bicyclic) bond motifs is 3.